The number of benzene rings is 2. The number of nitrogens with one attached hydrogen (secondary N) is 2. The molecule has 4 rings (SSSR count). The number of amides is 1. The molecular formula is C20H24N7O2+. The van der Waals surface area contributed by atoms with E-state index in [2.05, 4.69) is 31.8 Å². The summed E-state index contributed by atoms with van der Waals surface area (Å²) in [6, 6.07) is 15.5. The Balaban J connectivity index is 1.28. The van der Waals surface area contributed by atoms with E-state index in [0.717, 1.165) is 49.0 Å². The van der Waals surface area contributed by atoms with E-state index < -0.39 is 0 Å². The summed E-state index contributed by atoms with van der Waals surface area (Å²) < 4.78 is 7.03. The van der Waals surface area contributed by atoms with Crippen molar-refractivity contribution in [1.29, 1.82) is 0 Å². The largest absolute Gasteiger partial charge is 0.495 e. The molecule has 2 heterocycles. The van der Waals surface area contributed by atoms with Gasteiger partial charge in [0, 0.05) is 5.69 Å². The lowest BCUT2D eigenvalue weighted by Gasteiger charge is -2.34. The van der Waals surface area contributed by atoms with Crippen LogP contribution in [-0.4, -0.2) is 65.9 Å². The summed E-state index contributed by atoms with van der Waals surface area (Å²) in [7, 11) is 1.69. The molecule has 0 spiro atoms. The van der Waals surface area contributed by atoms with Crippen molar-refractivity contribution in [1.82, 2.24) is 20.2 Å². The maximum Gasteiger partial charge on any atom is 0.279 e. The maximum atomic E-state index is 12.4. The maximum absolute atomic E-state index is 12.4. The molecule has 2 aromatic carbocycles. The molecule has 1 fully saturated rings. The van der Waals surface area contributed by atoms with E-state index in [1.165, 1.54) is 11.2 Å². The summed E-state index contributed by atoms with van der Waals surface area (Å²) >= 11 is 0. The number of aromatic nitrogens is 4. The van der Waals surface area contributed by atoms with Crippen molar-refractivity contribution < 1.29 is 14.4 Å². The average Bonchev–Trinajstić information content (AvgIpc) is 3.30. The van der Waals surface area contributed by atoms with Crippen LogP contribution in [0.2, 0.25) is 0 Å². The Morgan fingerprint density at radius 1 is 1.14 bits per heavy atom. The minimum Gasteiger partial charge on any atom is -0.495 e. The molecule has 1 aliphatic heterocycles. The zero-order valence-electron chi connectivity index (χ0n) is 16.3. The van der Waals surface area contributed by atoms with Gasteiger partial charge in [-0.15, -0.1) is 5.10 Å². The first-order valence-electron chi connectivity index (χ1n) is 9.58. The second-order valence-electron chi connectivity index (χ2n) is 6.94. The molecule has 29 heavy (non-hydrogen) atoms. The van der Waals surface area contributed by atoms with E-state index in [1.54, 1.807) is 11.8 Å². The van der Waals surface area contributed by atoms with Crippen LogP contribution in [-0.2, 0) is 4.79 Å². The fourth-order valence-electron chi connectivity index (χ4n) is 3.54. The summed E-state index contributed by atoms with van der Waals surface area (Å²) in [5.41, 5.74) is 2.71. The summed E-state index contributed by atoms with van der Waals surface area (Å²) in [6.45, 7) is 4.05. The fraction of sp³-hybridized carbons (Fsp3) is 0.300. The SMILES string of the molecule is COc1ccccc1N1CC[NH+](CC(=O)Nc2ccc(-n3cnnn3)cc2)CC1. The van der Waals surface area contributed by atoms with E-state index in [1.807, 2.05) is 42.5 Å². The zero-order chi connectivity index (χ0) is 20.1. The number of hydrogen-bond donors (Lipinski definition) is 2. The van der Waals surface area contributed by atoms with Crippen LogP contribution < -0.4 is 19.9 Å². The highest BCUT2D eigenvalue weighted by Crippen LogP contribution is 2.27. The number of nitrogens with zero attached hydrogens (tertiary/aromatic N) is 5. The number of carbonyl (C=O) groups is 1. The number of rotatable bonds is 6. The lowest BCUT2D eigenvalue weighted by Crippen LogP contribution is -3.15. The van der Waals surface area contributed by atoms with Gasteiger partial charge in [-0.25, -0.2) is 4.68 Å². The van der Waals surface area contributed by atoms with Crippen molar-refractivity contribution in [2.75, 3.05) is 50.1 Å². The highest BCUT2D eigenvalue weighted by Gasteiger charge is 2.23. The van der Waals surface area contributed by atoms with Crippen LogP contribution in [0.3, 0.4) is 0 Å². The van der Waals surface area contributed by atoms with Crippen LogP contribution >= 0.6 is 0 Å². The quantitative estimate of drug-likeness (QED) is 0.613. The van der Waals surface area contributed by atoms with E-state index in [4.69, 9.17) is 4.74 Å². The van der Waals surface area contributed by atoms with E-state index in [9.17, 15) is 4.79 Å². The third-order valence-corrected chi connectivity index (χ3v) is 5.07. The summed E-state index contributed by atoms with van der Waals surface area (Å²) in [4.78, 5) is 16.0. The topological polar surface area (TPSA) is 89.6 Å². The van der Waals surface area contributed by atoms with Gasteiger partial charge in [0.25, 0.3) is 5.91 Å². The number of para-hydroxylation sites is 2. The lowest BCUT2D eigenvalue weighted by molar-refractivity contribution is -0.892. The number of tetrazole rings is 1. The Hall–Kier alpha value is -3.46. The molecule has 0 unspecified atom stereocenters. The van der Waals surface area contributed by atoms with Gasteiger partial charge in [-0.3, -0.25) is 4.79 Å². The molecule has 0 radical (unpaired) electrons. The Bertz CT molecular complexity index is 936. The highest BCUT2D eigenvalue weighted by atomic mass is 16.5. The zero-order valence-corrected chi connectivity index (χ0v) is 16.3. The molecule has 9 nitrogen and oxygen atoms in total. The predicted octanol–water partition coefficient (Wildman–Crippen LogP) is 0.0145. The highest BCUT2D eigenvalue weighted by molar-refractivity contribution is 5.91. The van der Waals surface area contributed by atoms with Crippen LogP contribution in [0.5, 0.6) is 5.75 Å². The summed E-state index contributed by atoms with van der Waals surface area (Å²) in [6.07, 6.45) is 1.53. The predicted molar refractivity (Wildman–Crippen MR) is 109 cm³/mol. The van der Waals surface area contributed by atoms with Crippen molar-refractivity contribution in [3.8, 4) is 11.4 Å². The third kappa shape index (κ3) is 4.52. The molecule has 150 valence electrons. The van der Waals surface area contributed by atoms with Gasteiger partial charge in [0.15, 0.2) is 6.54 Å². The van der Waals surface area contributed by atoms with Crippen molar-refractivity contribution in [2.45, 2.75) is 0 Å². The summed E-state index contributed by atoms with van der Waals surface area (Å²) in [5, 5.41) is 14.1. The van der Waals surface area contributed by atoms with Crippen LogP contribution in [0.15, 0.2) is 54.9 Å². The first-order valence-corrected chi connectivity index (χ1v) is 9.58. The number of methoxy groups -OCH3 is 1. The molecular weight excluding hydrogens is 370 g/mol. The van der Waals surface area contributed by atoms with E-state index in [0.29, 0.717) is 6.54 Å². The Kier molecular flexibility index (Phi) is 5.66. The van der Waals surface area contributed by atoms with Crippen LogP contribution in [0.1, 0.15) is 0 Å². The van der Waals surface area contributed by atoms with Crippen molar-refractivity contribution in [3.05, 3.63) is 54.9 Å². The fourth-order valence-corrected chi connectivity index (χ4v) is 3.54. The molecule has 0 bridgehead atoms. The number of carbonyl (C=O) groups excluding carboxylic acids is 1. The standard InChI is InChI=1S/C20H23N7O2/c1-29-19-5-3-2-4-18(19)26-12-10-25(11-13-26)14-20(28)22-16-6-8-17(9-7-16)27-15-21-23-24-27/h2-9,15H,10-14H2,1H3,(H,22,28)/p+1. The Labute approximate surface area is 168 Å². The van der Waals surface area contributed by atoms with E-state index >= 15 is 0 Å². The molecule has 2 N–H and O–H groups in total. The lowest BCUT2D eigenvalue weighted by atomic mass is 10.2. The second kappa shape index (κ2) is 8.70. The van der Waals surface area contributed by atoms with Gasteiger partial charge in [-0.2, -0.15) is 0 Å². The number of ether oxygens (including phenoxy) is 1. The van der Waals surface area contributed by atoms with Gasteiger partial charge in [0.1, 0.15) is 12.1 Å². The minimum atomic E-state index is 0.0147. The number of hydrogen-bond acceptors (Lipinski definition) is 6. The first kappa shape index (κ1) is 18.9. The minimum absolute atomic E-state index is 0.0147. The molecule has 9 heteroatoms. The second-order valence-corrected chi connectivity index (χ2v) is 6.94. The van der Waals surface area contributed by atoms with Crippen LogP contribution in [0.25, 0.3) is 5.69 Å². The van der Waals surface area contributed by atoms with Gasteiger partial charge in [0.05, 0.1) is 44.7 Å². The van der Waals surface area contributed by atoms with Crippen LogP contribution in [0.4, 0.5) is 11.4 Å². The number of anilines is 2. The average molecular weight is 394 g/mol. The summed E-state index contributed by atoms with van der Waals surface area (Å²) in [5.74, 6) is 0.903. The first-order chi connectivity index (χ1) is 14.2. The van der Waals surface area contributed by atoms with Gasteiger partial charge >= 0.3 is 0 Å². The molecule has 0 saturated carbocycles. The Morgan fingerprint density at radius 3 is 2.59 bits per heavy atom. The molecule has 0 atom stereocenters. The van der Waals surface area contributed by atoms with E-state index in [-0.39, 0.29) is 5.91 Å². The van der Waals surface area contributed by atoms with Crippen molar-refractivity contribution in [3.63, 3.8) is 0 Å². The monoisotopic (exact) mass is 394 g/mol. The van der Waals surface area contributed by atoms with Crippen LogP contribution in [0, 0.1) is 0 Å². The molecule has 3 aromatic rings. The van der Waals surface area contributed by atoms with Crippen molar-refractivity contribution >= 4 is 17.3 Å². The smallest absolute Gasteiger partial charge is 0.279 e. The third-order valence-electron chi connectivity index (χ3n) is 5.07. The molecule has 0 aliphatic carbocycles. The number of piperazine rings is 1. The van der Waals surface area contributed by atoms with Crippen molar-refractivity contribution in [2.24, 2.45) is 0 Å². The molecule has 1 saturated heterocycles. The Morgan fingerprint density at radius 2 is 1.90 bits per heavy atom. The number of quaternary nitrogens is 1. The van der Waals surface area contributed by atoms with Gasteiger partial charge in [-0.1, -0.05) is 12.1 Å². The molecule has 1 aromatic heterocycles. The molecule has 1 aliphatic rings. The normalized spacial score (nSPS) is 14.6. The van der Waals surface area contributed by atoms with Gasteiger partial charge in [-0.05, 0) is 46.8 Å². The van der Waals surface area contributed by atoms with Gasteiger partial charge < -0.3 is 19.9 Å². The molecule has 1 amide bonds. The van der Waals surface area contributed by atoms with Gasteiger partial charge in [0.2, 0.25) is 0 Å².